The van der Waals surface area contributed by atoms with E-state index in [2.05, 4.69) is 44.7 Å². The van der Waals surface area contributed by atoms with E-state index in [4.69, 9.17) is 0 Å². The summed E-state index contributed by atoms with van der Waals surface area (Å²) in [6, 6.07) is 0. The van der Waals surface area contributed by atoms with Gasteiger partial charge in [-0.05, 0) is 28.8 Å². The largest absolute Gasteiger partial charge is 0.345 e. The van der Waals surface area contributed by atoms with E-state index in [-0.39, 0.29) is 0 Å². The van der Waals surface area contributed by atoms with Crippen LogP contribution in [0.4, 0.5) is 0 Å². The van der Waals surface area contributed by atoms with Crippen LogP contribution < -0.4 is 0 Å². The van der Waals surface area contributed by atoms with Crippen LogP contribution in [-0.4, -0.2) is 15.0 Å². The molecule has 0 aromatic carbocycles. The Hall–Kier alpha value is -0.900. The first-order valence-corrected chi connectivity index (χ1v) is 5.40. The molecule has 4 heteroatoms. The van der Waals surface area contributed by atoms with Crippen molar-refractivity contribution in [3.8, 4) is 0 Å². The SMILES string of the molecule is Cc1nc(C(C)C)c2c(Br)c[nH]c2n1. The number of halogens is 1. The van der Waals surface area contributed by atoms with Crippen molar-refractivity contribution in [1.82, 2.24) is 15.0 Å². The third-order valence-corrected chi connectivity index (χ3v) is 2.80. The van der Waals surface area contributed by atoms with Crippen molar-refractivity contribution < 1.29 is 0 Å². The van der Waals surface area contributed by atoms with Gasteiger partial charge in [0.15, 0.2) is 0 Å². The van der Waals surface area contributed by atoms with Gasteiger partial charge in [-0.15, -0.1) is 0 Å². The molecule has 2 aromatic rings. The Morgan fingerprint density at radius 3 is 2.71 bits per heavy atom. The van der Waals surface area contributed by atoms with Gasteiger partial charge in [0.25, 0.3) is 0 Å². The second kappa shape index (κ2) is 3.35. The molecule has 1 N–H and O–H groups in total. The summed E-state index contributed by atoms with van der Waals surface area (Å²) in [5, 5.41) is 1.10. The Morgan fingerprint density at radius 1 is 1.36 bits per heavy atom. The van der Waals surface area contributed by atoms with Crippen LogP contribution >= 0.6 is 15.9 Å². The minimum atomic E-state index is 0.409. The highest BCUT2D eigenvalue weighted by Gasteiger charge is 2.13. The summed E-state index contributed by atoms with van der Waals surface area (Å²) in [4.78, 5) is 11.9. The highest BCUT2D eigenvalue weighted by Crippen LogP contribution is 2.28. The zero-order chi connectivity index (χ0) is 10.3. The summed E-state index contributed by atoms with van der Waals surface area (Å²) in [5.74, 6) is 1.22. The van der Waals surface area contributed by atoms with Gasteiger partial charge in [-0.25, -0.2) is 9.97 Å². The summed E-state index contributed by atoms with van der Waals surface area (Å²) in [7, 11) is 0. The van der Waals surface area contributed by atoms with Gasteiger partial charge < -0.3 is 4.98 Å². The van der Waals surface area contributed by atoms with E-state index < -0.39 is 0 Å². The number of hydrogen-bond acceptors (Lipinski definition) is 2. The van der Waals surface area contributed by atoms with Crippen LogP contribution in [-0.2, 0) is 0 Å². The molecule has 74 valence electrons. The van der Waals surface area contributed by atoms with E-state index in [1.807, 2.05) is 13.1 Å². The van der Waals surface area contributed by atoms with Crippen LogP contribution in [0.1, 0.15) is 31.3 Å². The van der Waals surface area contributed by atoms with E-state index in [9.17, 15) is 0 Å². The predicted octanol–water partition coefficient (Wildman–Crippen LogP) is 3.15. The monoisotopic (exact) mass is 253 g/mol. The van der Waals surface area contributed by atoms with Crippen LogP contribution in [0.5, 0.6) is 0 Å². The lowest BCUT2D eigenvalue weighted by atomic mass is 10.1. The number of aromatic nitrogens is 3. The second-order valence-corrected chi connectivity index (χ2v) is 4.53. The van der Waals surface area contributed by atoms with Crippen molar-refractivity contribution >= 4 is 27.0 Å². The van der Waals surface area contributed by atoms with Gasteiger partial charge in [0, 0.05) is 10.7 Å². The Bertz CT molecular complexity index is 473. The summed E-state index contributed by atoms with van der Waals surface area (Å²) in [5.41, 5.74) is 2.01. The molecule has 0 unspecified atom stereocenters. The Labute approximate surface area is 91.1 Å². The fourth-order valence-corrected chi connectivity index (χ4v) is 2.06. The van der Waals surface area contributed by atoms with E-state index >= 15 is 0 Å². The standard InChI is InChI=1S/C10H12BrN3/c1-5(2)9-8-7(11)4-12-10(8)14-6(3)13-9/h4-5H,1-3H3,(H,12,13,14). The molecule has 0 saturated carbocycles. The molecule has 0 saturated heterocycles. The van der Waals surface area contributed by atoms with Gasteiger partial charge in [-0.2, -0.15) is 0 Å². The van der Waals surface area contributed by atoms with Gasteiger partial charge in [0.05, 0.1) is 11.1 Å². The van der Waals surface area contributed by atoms with Crippen LogP contribution in [0.15, 0.2) is 10.7 Å². The predicted molar refractivity (Wildman–Crippen MR) is 60.4 cm³/mol. The molecule has 0 spiro atoms. The summed E-state index contributed by atoms with van der Waals surface area (Å²) < 4.78 is 1.04. The second-order valence-electron chi connectivity index (χ2n) is 3.67. The number of aromatic amines is 1. The number of fused-ring (bicyclic) bond motifs is 1. The number of H-pyrrole nitrogens is 1. The number of rotatable bonds is 1. The average Bonchev–Trinajstić information content (AvgIpc) is 2.46. The van der Waals surface area contributed by atoms with Crippen molar-refractivity contribution in [3.05, 3.63) is 22.2 Å². The van der Waals surface area contributed by atoms with Gasteiger partial charge in [-0.3, -0.25) is 0 Å². The van der Waals surface area contributed by atoms with E-state index in [1.165, 1.54) is 0 Å². The van der Waals surface area contributed by atoms with E-state index in [1.54, 1.807) is 0 Å². The number of nitrogens with one attached hydrogen (secondary N) is 1. The third kappa shape index (κ3) is 1.43. The van der Waals surface area contributed by atoms with Crippen LogP contribution in [0.3, 0.4) is 0 Å². The van der Waals surface area contributed by atoms with E-state index in [0.717, 1.165) is 27.0 Å². The van der Waals surface area contributed by atoms with Crippen LogP contribution in [0, 0.1) is 6.92 Å². The molecule has 2 heterocycles. The fraction of sp³-hybridized carbons (Fsp3) is 0.400. The van der Waals surface area contributed by atoms with Gasteiger partial charge >= 0.3 is 0 Å². The molecule has 14 heavy (non-hydrogen) atoms. The van der Waals surface area contributed by atoms with Crippen LogP contribution in [0.25, 0.3) is 11.0 Å². The number of aryl methyl sites for hydroxylation is 1. The third-order valence-electron chi connectivity index (χ3n) is 2.17. The quantitative estimate of drug-likeness (QED) is 0.849. The molecule has 0 aliphatic heterocycles. The van der Waals surface area contributed by atoms with Crippen molar-refractivity contribution in [2.75, 3.05) is 0 Å². The molecule has 0 atom stereocenters. The zero-order valence-corrected chi connectivity index (χ0v) is 10.0. The molecule has 2 aromatic heterocycles. The van der Waals surface area contributed by atoms with Crippen molar-refractivity contribution in [1.29, 1.82) is 0 Å². The summed E-state index contributed by atoms with van der Waals surface area (Å²) in [6.07, 6.45) is 1.91. The van der Waals surface area contributed by atoms with Crippen molar-refractivity contribution in [2.45, 2.75) is 26.7 Å². The highest BCUT2D eigenvalue weighted by atomic mass is 79.9. The first-order chi connectivity index (χ1) is 6.59. The van der Waals surface area contributed by atoms with E-state index in [0.29, 0.717) is 5.92 Å². The molecule has 3 nitrogen and oxygen atoms in total. The highest BCUT2D eigenvalue weighted by molar-refractivity contribution is 9.10. The molecule has 0 fully saturated rings. The molecule has 0 amide bonds. The first-order valence-electron chi connectivity index (χ1n) is 4.60. The average molecular weight is 254 g/mol. The van der Waals surface area contributed by atoms with Crippen LogP contribution in [0.2, 0.25) is 0 Å². The molecular weight excluding hydrogens is 242 g/mol. The zero-order valence-electron chi connectivity index (χ0n) is 8.43. The van der Waals surface area contributed by atoms with Gasteiger partial charge in [0.1, 0.15) is 11.5 Å². The number of hydrogen-bond donors (Lipinski definition) is 1. The first kappa shape index (κ1) is 9.65. The lowest BCUT2D eigenvalue weighted by Gasteiger charge is -2.07. The summed E-state index contributed by atoms with van der Waals surface area (Å²) in [6.45, 7) is 6.20. The molecule has 0 aliphatic rings. The number of nitrogens with zero attached hydrogens (tertiary/aromatic N) is 2. The summed E-state index contributed by atoms with van der Waals surface area (Å²) >= 11 is 3.50. The lowest BCUT2D eigenvalue weighted by Crippen LogP contribution is -1.98. The Kier molecular flexibility index (Phi) is 2.31. The molecule has 2 rings (SSSR count). The van der Waals surface area contributed by atoms with Crippen molar-refractivity contribution in [3.63, 3.8) is 0 Å². The van der Waals surface area contributed by atoms with Gasteiger partial charge in [-0.1, -0.05) is 13.8 Å². The maximum absolute atomic E-state index is 4.47. The maximum Gasteiger partial charge on any atom is 0.142 e. The molecular formula is C10H12BrN3. The van der Waals surface area contributed by atoms with Crippen molar-refractivity contribution in [2.24, 2.45) is 0 Å². The topological polar surface area (TPSA) is 41.6 Å². The minimum absolute atomic E-state index is 0.409. The molecule has 0 radical (unpaired) electrons. The van der Waals surface area contributed by atoms with Gasteiger partial charge in [0.2, 0.25) is 0 Å². The Balaban J connectivity index is 2.83. The maximum atomic E-state index is 4.47. The fourth-order valence-electron chi connectivity index (χ4n) is 1.56. The lowest BCUT2D eigenvalue weighted by molar-refractivity contribution is 0.817. The Morgan fingerprint density at radius 2 is 2.07 bits per heavy atom. The normalized spacial score (nSPS) is 11.5. The smallest absolute Gasteiger partial charge is 0.142 e. The molecule has 0 bridgehead atoms. The minimum Gasteiger partial charge on any atom is -0.345 e. The molecule has 0 aliphatic carbocycles.